The summed E-state index contributed by atoms with van der Waals surface area (Å²) >= 11 is 12.1. The summed E-state index contributed by atoms with van der Waals surface area (Å²) in [6, 6.07) is 3.22. The van der Waals surface area contributed by atoms with E-state index in [9.17, 15) is 4.79 Å². The molecule has 1 fully saturated rings. The summed E-state index contributed by atoms with van der Waals surface area (Å²) in [4.78, 5) is 13.9. The van der Waals surface area contributed by atoms with Crippen molar-refractivity contribution in [1.29, 1.82) is 0 Å². The molecule has 1 saturated heterocycles. The van der Waals surface area contributed by atoms with Gasteiger partial charge in [0.05, 0.1) is 30.4 Å². The van der Waals surface area contributed by atoms with Crippen molar-refractivity contribution in [2.24, 2.45) is 0 Å². The Kier molecular flexibility index (Phi) is 6.11. The minimum absolute atomic E-state index is 0.129. The number of rotatable bonds is 5. The van der Waals surface area contributed by atoms with E-state index in [4.69, 9.17) is 32.7 Å². The molecule has 0 atom stereocenters. The predicted molar refractivity (Wildman–Crippen MR) is 80.6 cm³/mol. The topological polar surface area (TPSA) is 48.0 Å². The molecule has 1 aromatic rings. The number of hydrogen-bond acceptors (Lipinski definition) is 5. The van der Waals surface area contributed by atoms with E-state index in [1.165, 1.54) is 7.11 Å². The van der Waals surface area contributed by atoms with Gasteiger partial charge in [0.2, 0.25) is 0 Å². The molecule has 0 N–H and O–H groups in total. The number of benzene rings is 1. The predicted octanol–water partition coefficient (Wildman–Crippen LogP) is 2.49. The fourth-order valence-corrected chi connectivity index (χ4v) is 2.62. The van der Waals surface area contributed by atoms with Gasteiger partial charge in [-0.15, -0.1) is 0 Å². The van der Waals surface area contributed by atoms with E-state index >= 15 is 0 Å². The van der Waals surface area contributed by atoms with Crippen molar-refractivity contribution in [3.63, 3.8) is 0 Å². The minimum atomic E-state index is -0.580. The van der Waals surface area contributed by atoms with Gasteiger partial charge in [-0.05, 0) is 12.1 Å². The van der Waals surface area contributed by atoms with E-state index in [0.717, 1.165) is 32.8 Å². The van der Waals surface area contributed by atoms with Gasteiger partial charge < -0.3 is 14.2 Å². The molecule has 0 saturated carbocycles. The standard InChI is InChI=1S/C14H17Cl2NO4/c1-19-14(18)12-10(15)2-3-11(13(12)16)21-9-6-17-4-7-20-8-5-17/h2-3H,4-9H2,1H3. The number of nitrogens with zero attached hydrogens (tertiary/aromatic N) is 1. The van der Waals surface area contributed by atoms with Crippen LogP contribution in [0.3, 0.4) is 0 Å². The van der Waals surface area contributed by atoms with Gasteiger partial charge in [-0.1, -0.05) is 23.2 Å². The molecule has 0 aromatic heterocycles. The fraction of sp³-hybridized carbons (Fsp3) is 0.500. The van der Waals surface area contributed by atoms with Gasteiger partial charge in [0, 0.05) is 19.6 Å². The monoisotopic (exact) mass is 333 g/mol. The number of hydrogen-bond donors (Lipinski definition) is 0. The van der Waals surface area contributed by atoms with Crippen molar-refractivity contribution in [3.8, 4) is 5.75 Å². The second-order valence-corrected chi connectivity index (χ2v) is 5.31. The van der Waals surface area contributed by atoms with Crippen LogP contribution >= 0.6 is 23.2 Å². The van der Waals surface area contributed by atoms with E-state index in [1.54, 1.807) is 12.1 Å². The van der Waals surface area contributed by atoms with Crippen LogP contribution < -0.4 is 4.74 Å². The Balaban J connectivity index is 1.98. The van der Waals surface area contributed by atoms with Crippen LogP contribution in [0.2, 0.25) is 10.0 Å². The maximum absolute atomic E-state index is 11.7. The highest BCUT2D eigenvalue weighted by Gasteiger charge is 2.19. The molecule has 0 unspecified atom stereocenters. The third-order valence-electron chi connectivity index (χ3n) is 3.21. The molecular formula is C14H17Cl2NO4. The number of halogens is 2. The third kappa shape index (κ3) is 4.23. The lowest BCUT2D eigenvalue weighted by atomic mass is 10.2. The van der Waals surface area contributed by atoms with Crippen molar-refractivity contribution in [2.45, 2.75) is 0 Å². The molecule has 116 valence electrons. The number of esters is 1. The normalized spacial score (nSPS) is 15.8. The van der Waals surface area contributed by atoms with Crippen LogP contribution in [0.4, 0.5) is 0 Å². The van der Waals surface area contributed by atoms with Crippen LogP contribution in [0, 0.1) is 0 Å². The summed E-state index contributed by atoms with van der Waals surface area (Å²) in [7, 11) is 1.28. The summed E-state index contributed by atoms with van der Waals surface area (Å²) in [6.07, 6.45) is 0. The van der Waals surface area contributed by atoms with Gasteiger partial charge in [-0.2, -0.15) is 0 Å². The Bertz CT molecular complexity index is 504. The second-order valence-electron chi connectivity index (χ2n) is 4.53. The van der Waals surface area contributed by atoms with Crippen LogP contribution in [0.5, 0.6) is 5.75 Å². The molecule has 0 amide bonds. The van der Waals surface area contributed by atoms with Crippen LogP contribution in [-0.4, -0.2) is 57.4 Å². The zero-order chi connectivity index (χ0) is 15.2. The summed E-state index contributed by atoms with van der Waals surface area (Å²) in [6.45, 7) is 4.52. The zero-order valence-electron chi connectivity index (χ0n) is 11.7. The molecule has 7 heteroatoms. The van der Waals surface area contributed by atoms with Gasteiger partial charge in [0.25, 0.3) is 0 Å². The molecule has 1 aliphatic heterocycles. The van der Waals surface area contributed by atoms with Crippen LogP contribution in [-0.2, 0) is 9.47 Å². The summed E-state index contributed by atoms with van der Waals surface area (Å²) in [5, 5.41) is 0.420. The Morgan fingerprint density at radius 2 is 2.05 bits per heavy atom. The highest BCUT2D eigenvalue weighted by Crippen LogP contribution is 2.33. The number of carbonyl (C=O) groups excluding carboxylic acids is 1. The molecule has 0 aliphatic carbocycles. The Labute approximate surface area is 133 Å². The van der Waals surface area contributed by atoms with Crippen molar-refractivity contribution in [2.75, 3.05) is 46.6 Å². The zero-order valence-corrected chi connectivity index (χ0v) is 13.2. The van der Waals surface area contributed by atoms with Gasteiger partial charge in [0.15, 0.2) is 0 Å². The van der Waals surface area contributed by atoms with Gasteiger partial charge in [-0.3, -0.25) is 4.90 Å². The molecule has 1 heterocycles. The highest BCUT2D eigenvalue weighted by molar-refractivity contribution is 6.40. The SMILES string of the molecule is COC(=O)c1c(Cl)ccc(OCCN2CCOCC2)c1Cl. The molecule has 0 radical (unpaired) electrons. The molecule has 2 rings (SSSR count). The third-order valence-corrected chi connectivity index (χ3v) is 3.90. The highest BCUT2D eigenvalue weighted by atomic mass is 35.5. The van der Waals surface area contributed by atoms with E-state index in [0.29, 0.717) is 12.4 Å². The second kappa shape index (κ2) is 7.84. The van der Waals surface area contributed by atoms with E-state index in [-0.39, 0.29) is 15.6 Å². The first-order valence-electron chi connectivity index (χ1n) is 6.62. The van der Waals surface area contributed by atoms with Crippen molar-refractivity contribution in [3.05, 3.63) is 27.7 Å². The maximum atomic E-state index is 11.7. The average Bonchev–Trinajstić information content (AvgIpc) is 2.50. The van der Waals surface area contributed by atoms with E-state index < -0.39 is 5.97 Å². The summed E-state index contributed by atoms with van der Waals surface area (Å²) in [5.41, 5.74) is 0.129. The summed E-state index contributed by atoms with van der Waals surface area (Å²) < 4.78 is 15.6. The molecule has 0 bridgehead atoms. The van der Waals surface area contributed by atoms with Crippen LogP contribution in [0.25, 0.3) is 0 Å². The van der Waals surface area contributed by atoms with Gasteiger partial charge in [-0.25, -0.2) is 4.79 Å². The molecule has 1 aromatic carbocycles. The average molecular weight is 334 g/mol. The molecule has 0 spiro atoms. The fourth-order valence-electron chi connectivity index (χ4n) is 2.04. The van der Waals surface area contributed by atoms with Crippen LogP contribution in [0.15, 0.2) is 12.1 Å². The van der Waals surface area contributed by atoms with E-state index in [1.807, 2.05) is 0 Å². The van der Waals surface area contributed by atoms with Gasteiger partial charge >= 0.3 is 5.97 Å². The maximum Gasteiger partial charge on any atom is 0.341 e. The Morgan fingerprint density at radius 3 is 2.71 bits per heavy atom. The number of carbonyl (C=O) groups is 1. The molecule has 5 nitrogen and oxygen atoms in total. The van der Waals surface area contributed by atoms with Crippen molar-refractivity contribution >= 4 is 29.2 Å². The lowest BCUT2D eigenvalue weighted by Crippen LogP contribution is -2.38. The number of methoxy groups -OCH3 is 1. The van der Waals surface area contributed by atoms with E-state index in [2.05, 4.69) is 9.64 Å². The minimum Gasteiger partial charge on any atom is -0.491 e. The molecule has 21 heavy (non-hydrogen) atoms. The first kappa shape index (κ1) is 16.4. The van der Waals surface area contributed by atoms with Crippen molar-refractivity contribution in [1.82, 2.24) is 4.90 Å². The largest absolute Gasteiger partial charge is 0.491 e. The smallest absolute Gasteiger partial charge is 0.341 e. The quantitative estimate of drug-likeness (QED) is 0.775. The number of morpholine rings is 1. The lowest BCUT2D eigenvalue weighted by Gasteiger charge is -2.26. The first-order chi connectivity index (χ1) is 10.1. The Hall–Kier alpha value is -1.01. The van der Waals surface area contributed by atoms with Gasteiger partial charge in [0.1, 0.15) is 17.9 Å². The molecular weight excluding hydrogens is 317 g/mol. The van der Waals surface area contributed by atoms with Crippen molar-refractivity contribution < 1.29 is 19.0 Å². The Morgan fingerprint density at radius 1 is 1.33 bits per heavy atom. The summed E-state index contributed by atoms with van der Waals surface area (Å²) in [5.74, 6) is -0.154. The lowest BCUT2D eigenvalue weighted by molar-refractivity contribution is 0.0322. The molecule has 1 aliphatic rings. The number of ether oxygens (including phenoxy) is 3. The first-order valence-corrected chi connectivity index (χ1v) is 7.38. The van der Waals surface area contributed by atoms with Crippen LogP contribution in [0.1, 0.15) is 10.4 Å².